The van der Waals surface area contributed by atoms with Gasteiger partial charge in [-0.15, -0.1) is 0 Å². The first-order chi connectivity index (χ1) is 13.5. The van der Waals surface area contributed by atoms with Gasteiger partial charge in [-0.25, -0.2) is 5.43 Å². The van der Waals surface area contributed by atoms with Gasteiger partial charge >= 0.3 is 0 Å². The summed E-state index contributed by atoms with van der Waals surface area (Å²) in [5.41, 5.74) is 3.69. The molecule has 0 atom stereocenters. The fourth-order valence-electron chi connectivity index (χ4n) is 2.26. The molecule has 0 heterocycles. The van der Waals surface area contributed by atoms with Gasteiger partial charge in [0.25, 0.3) is 5.91 Å². The number of hydrogen-bond donors (Lipinski definition) is 1. The summed E-state index contributed by atoms with van der Waals surface area (Å²) in [4.78, 5) is 12.4. The average molecular weight is 512 g/mol. The number of nitrogens with zero attached hydrogens (tertiary/aromatic N) is 1. The largest absolute Gasteiger partial charge is 0.494 e. The lowest BCUT2D eigenvalue weighted by molar-refractivity contribution is 0.0954. The van der Waals surface area contributed by atoms with Gasteiger partial charge in [-0.05, 0) is 74.7 Å². The minimum absolute atomic E-state index is 0.350. The Hall–Kier alpha value is -2.32. The van der Waals surface area contributed by atoms with Crippen molar-refractivity contribution in [2.45, 2.75) is 6.92 Å². The van der Waals surface area contributed by atoms with Crippen LogP contribution in [0.4, 0.5) is 0 Å². The summed E-state index contributed by atoms with van der Waals surface area (Å²) in [7, 11) is 1.59. The number of nitrogens with one attached hydrogen (secondary N) is 1. The predicted molar refractivity (Wildman–Crippen MR) is 117 cm³/mol. The van der Waals surface area contributed by atoms with Crippen LogP contribution in [-0.2, 0) is 0 Å². The van der Waals surface area contributed by atoms with Crippen LogP contribution in [0.3, 0.4) is 0 Å². The highest BCUT2D eigenvalue weighted by molar-refractivity contribution is 9.11. The van der Waals surface area contributed by atoms with E-state index in [0.29, 0.717) is 36.0 Å². The Balaban J connectivity index is 2.11. The zero-order valence-corrected chi connectivity index (χ0v) is 18.7. The Labute approximate surface area is 180 Å². The number of ether oxygens (including phenoxy) is 3. The van der Waals surface area contributed by atoms with E-state index in [1.807, 2.05) is 19.1 Å². The van der Waals surface area contributed by atoms with E-state index in [9.17, 15) is 4.79 Å². The number of hydrogen-bond acceptors (Lipinski definition) is 5. The Morgan fingerprint density at radius 1 is 1.18 bits per heavy atom. The molecule has 1 amide bonds. The molecule has 0 aromatic heterocycles. The van der Waals surface area contributed by atoms with E-state index in [-0.39, 0.29) is 5.91 Å². The van der Waals surface area contributed by atoms with Gasteiger partial charge in [0.1, 0.15) is 12.4 Å². The molecular formula is C20H20Br2N2O4. The van der Waals surface area contributed by atoms with E-state index < -0.39 is 0 Å². The van der Waals surface area contributed by atoms with Gasteiger partial charge in [0.15, 0.2) is 11.5 Å². The summed E-state index contributed by atoms with van der Waals surface area (Å²) in [6, 6.07) is 8.61. The lowest BCUT2D eigenvalue weighted by atomic mass is 10.2. The molecule has 0 aliphatic heterocycles. The predicted octanol–water partition coefficient (Wildman–Crippen LogP) is 4.95. The lowest BCUT2D eigenvalue weighted by Crippen LogP contribution is -2.17. The molecule has 148 valence electrons. The van der Waals surface area contributed by atoms with Gasteiger partial charge in [0, 0.05) is 5.56 Å². The molecule has 2 rings (SSSR count). The normalized spacial score (nSPS) is 10.6. The van der Waals surface area contributed by atoms with Gasteiger partial charge in [0.05, 0.1) is 28.9 Å². The van der Waals surface area contributed by atoms with Crippen LogP contribution in [0.1, 0.15) is 22.8 Å². The van der Waals surface area contributed by atoms with E-state index in [0.717, 1.165) is 14.5 Å². The minimum atomic E-state index is -0.362. The third kappa shape index (κ3) is 5.84. The molecule has 0 unspecified atom stereocenters. The van der Waals surface area contributed by atoms with Crippen molar-refractivity contribution in [1.29, 1.82) is 0 Å². The van der Waals surface area contributed by atoms with Crippen molar-refractivity contribution in [3.8, 4) is 17.2 Å². The lowest BCUT2D eigenvalue weighted by Gasteiger charge is -2.12. The Morgan fingerprint density at radius 3 is 2.50 bits per heavy atom. The maximum absolute atomic E-state index is 12.4. The first-order valence-corrected chi connectivity index (χ1v) is 9.95. The topological polar surface area (TPSA) is 69.2 Å². The first kappa shape index (κ1) is 22.0. The molecular weight excluding hydrogens is 492 g/mol. The fourth-order valence-corrected chi connectivity index (χ4v) is 3.81. The molecule has 8 heteroatoms. The summed E-state index contributed by atoms with van der Waals surface area (Å²) in [6.07, 6.45) is 3.18. The van der Waals surface area contributed by atoms with Crippen molar-refractivity contribution >= 4 is 44.0 Å². The van der Waals surface area contributed by atoms with Crippen LogP contribution in [0, 0.1) is 0 Å². The molecule has 0 aliphatic rings. The van der Waals surface area contributed by atoms with Gasteiger partial charge in [0.2, 0.25) is 0 Å². The van der Waals surface area contributed by atoms with Gasteiger partial charge in [-0.3, -0.25) is 4.79 Å². The average Bonchev–Trinajstić information content (AvgIpc) is 2.67. The molecule has 1 N–H and O–H groups in total. The standard InChI is InChI=1S/C20H20Br2N2O4/c1-4-8-28-17-7-6-14(11-18(17)27-5-2)20(25)24-23-12-13-9-15(21)19(26-3)16(22)10-13/h4,6-7,9-12H,1,5,8H2,2-3H3,(H,24,25)/b23-12+. The van der Waals surface area contributed by atoms with Crippen molar-refractivity contribution in [2.75, 3.05) is 20.3 Å². The van der Waals surface area contributed by atoms with Crippen molar-refractivity contribution in [3.63, 3.8) is 0 Å². The number of rotatable bonds is 9. The van der Waals surface area contributed by atoms with E-state index in [1.54, 1.807) is 31.4 Å². The highest BCUT2D eigenvalue weighted by Crippen LogP contribution is 2.34. The van der Waals surface area contributed by atoms with Crippen molar-refractivity contribution < 1.29 is 19.0 Å². The molecule has 0 radical (unpaired) electrons. The Kier molecular flexibility index (Phi) is 8.53. The molecule has 0 bridgehead atoms. The Morgan fingerprint density at radius 2 is 1.89 bits per heavy atom. The highest BCUT2D eigenvalue weighted by atomic mass is 79.9. The number of methoxy groups -OCH3 is 1. The van der Waals surface area contributed by atoms with Crippen LogP contribution in [0.5, 0.6) is 17.2 Å². The minimum Gasteiger partial charge on any atom is -0.494 e. The van der Waals surface area contributed by atoms with Gasteiger partial charge in [-0.2, -0.15) is 5.10 Å². The smallest absolute Gasteiger partial charge is 0.271 e. The number of carbonyl (C=O) groups excluding carboxylic acids is 1. The van der Waals surface area contributed by atoms with Crippen LogP contribution >= 0.6 is 31.9 Å². The van der Waals surface area contributed by atoms with Crippen LogP contribution < -0.4 is 19.6 Å². The zero-order valence-electron chi connectivity index (χ0n) is 15.5. The third-order valence-electron chi connectivity index (χ3n) is 3.47. The molecule has 0 saturated heterocycles. The Bertz CT molecular complexity index is 861. The number of halogens is 2. The highest BCUT2D eigenvalue weighted by Gasteiger charge is 2.11. The van der Waals surface area contributed by atoms with E-state index in [4.69, 9.17) is 14.2 Å². The molecule has 2 aromatic carbocycles. The molecule has 2 aromatic rings. The van der Waals surface area contributed by atoms with Gasteiger partial charge in [-0.1, -0.05) is 12.7 Å². The maximum Gasteiger partial charge on any atom is 0.271 e. The monoisotopic (exact) mass is 510 g/mol. The van der Waals surface area contributed by atoms with E-state index in [1.165, 1.54) is 6.21 Å². The van der Waals surface area contributed by atoms with Crippen molar-refractivity contribution in [3.05, 3.63) is 63.1 Å². The number of carbonyl (C=O) groups is 1. The van der Waals surface area contributed by atoms with Crippen molar-refractivity contribution in [2.24, 2.45) is 5.10 Å². The SMILES string of the molecule is C=CCOc1ccc(C(=O)N/N=C/c2cc(Br)c(OC)c(Br)c2)cc1OCC. The maximum atomic E-state index is 12.4. The number of amides is 1. The van der Waals surface area contributed by atoms with Crippen LogP contribution in [0.15, 0.2) is 57.0 Å². The summed E-state index contributed by atoms with van der Waals surface area (Å²) in [5.74, 6) is 1.36. The summed E-state index contributed by atoms with van der Waals surface area (Å²) >= 11 is 6.85. The fraction of sp³-hybridized carbons (Fsp3) is 0.200. The molecule has 0 fully saturated rings. The summed E-state index contributed by atoms with van der Waals surface area (Å²) in [6.45, 7) is 6.28. The molecule has 0 saturated carbocycles. The number of hydrazone groups is 1. The second-order valence-electron chi connectivity index (χ2n) is 5.41. The van der Waals surface area contributed by atoms with Crippen LogP contribution in [0.2, 0.25) is 0 Å². The molecule has 6 nitrogen and oxygen atoms in total. The second-order valence-corrected chi connectivity index (χ2v) is 7.12. The second kappa shape index (κ2) is 10.9. The van der Waals surface area contributed by atoms with E-state index >= 15 is 0 Å². The molecule has 0 aliphatic carbocycles. The molecule has 28 heavy (non-hydrogen) atoms. The van der Waals surface area contributed by atoms with Crippen molar-refractivity contribution in [1.82, 2.24) is 5.43 Å². The van der Waals surface area contributed by atoms with Gasteiger partial charge < -0.3 is 14.2 Å². The molecule has 0 spiro atoms. The third-order valence-corrected chi connectivity index (χ3v) is 4.64. The number of benzene rings is 2. The first-order valence-electron chi connectivity index (χ1n) is 8.37. The van der Waals surface area contributed by atoms with Crippen LogP contribution in [-0.4, -0.2) is 32.4 Å². The van der Waals surface area contributed by atoms with Crippen LogP contribution in [0.25, 0.3) is 0 Å². The summed E-state index contributed by atoms with van der Waals surface area (Å²) < 4.78 is 17.9. The quantitative estimate of drug-likeness (QED) is 0.294. The zero-order chi connectivity index (χ0) is 20.5. The summed E-state index contributed by atoms with van der Waals surface area (Å²) in [5, 5.41) is 4.01. The van der Waals surface area contributed by atoms with E-state index in [2.05, 4.69) is 49.0 Å².